The molecule has 0 spiro atoms. The summed E-state index contributed by atoms with van der Waals surface area (Å²) in [6.45, 7) is 14.0. The van der Waals surface area contributed by atoms with Gasteiger partial charge in [-0.2, -0.15) is 0 Å². The Bertz CT molecular complexity index is 694. The van der Waals surface area contributed by atoms with E-state index in [1.165, 1.54) is 29.8 Å². The molecule has 2 fully saturated rings. The van der Waals surface area contributed by atoms with E-state index in [1.807, 2.05) is 0 Å². The van der Waals surface area contributed by atoms with E-state index in [0.29, 0.717) is 5.41 Å². The zero-order chi connectivity index (χ0) is 20.4. The lowest BCUT2D eigenvalue weighted by atomic mass is 9.72. The van der Waals surface area contributed by atoms with Gasteiger partial charge in [-0.1, -0.05) is 20.8 Å². The molecule has 1 aromatic heterocycles. The minimum atomic E-state index is 0.281. The van der Waals surface area contributed by atoms with Gasteiger partial charge < -0.3 is 9.64 Å². The van der Waals surface area contributed by atoms with Crippen LogP contribution in [0.4, 0.5) is 0 Å². The van der Waals surface area contributed by atoms with E-state index in [0.717, 1.165) is 81.8 Å². The van der Waals surface area contributed by atoms with Crippen LogP contribution in [0.25, 0.3) is 0 Å². The Labute approximate surface area is 180 Å². The molecular weight excluding hydrogens is 380 g/mol. The van der Waals surface area contributed by atoms with Crippen molar-refractivity contribution in [2.45, 2.75) is 59.3 Å². The van der Waals surface area contributed by atoms with Gasteiger partial charge in [-0.15, -0.1) is 11.3 Å². The van der Waals surface area contributed by atoms with Crippen LogP contribution >= 0.6 is 11.3 Å². The number of fused-ring (bicyclic) bond motifs is 1. The molecule has 4 rings (SSSR count). The predicted molar refractivity (Wildman–Crippen MR) is 120 cm³/mol. The Morgan fingerprint density at radius 2 is 1.86 bits per heavy atom. The Morgan fingerprint density at radius 3 is 2.55 bits per heavy atom. The SMILES string of the molecule is CC(C)(C)C1CCc2sc(C(=O)N3CCC(CCN4CCOCC4)CC3)cc2C1. The number of hydrogen-bond donors (Lipinski definition) is 0. The molecule has 2 aliphatic heterocycles. The van der Waals surface area contributed by atoms with Crippen molar-refractivity contribution < 1.29 is 9.53 Å². The van der Waals surface area contributed by atoms with Gasteiger partial charge >= 0.3 is 0 Å². The first-order chi connectivity index (χ1) is 13.9. The van der Waals surface area contributed by atoms with Gasteiger partial charge in [-0.05, 0) is 74.0 Å². The number of carbonyl (C=O) groups is 1. The second-order valence-corrected chi connectivity index (χ2v) is 11.5. The molecule has 0 aromatic carbocycles. The van der Waals surface area contributed by atoms with Crippen molar-refractivity contribution in [3.8, 4) is 0 Å². The summed E-state index contributed by atoms with van der Waals surface area (Å²) in [6.07, 6.45) is 7.15. The first-order valence-electron chi connectivity index (χ1n) is 11.6. The van der Waals surface area contributed by atoms with Crippen LogP contribution in [-0.2, 0) is 17.6 Å². The first-order valence-corrected chi connectivity index (χ1v) is 12.4. The minimum absolute atomic E-state index is 0.281. The van der Waals surface area contributed by atoms with Gasteiger partial charge in [-0.25, -0.2) is 0 Å². The van der Waals surface area contributed by atoms with Gasteiger partial charge in [0.05, 0.1) is 18.1 Å². The molecule has 1 aliphatic carbocycles. The normalized spacial score (nSPS) is 24.5. The molecule has 1 amide bonds. The summed E-state index contributed by atoms with van der Waals surface area (Å²) >= 11 is 1.77. The molecule has 0 radical (unpaired) electrons. The third-order valence-corrected chi connectivity index (χ3v) is 8.60. The summed E-state index contributed by atoms with van der Waals surface area (Å²) < 4.78 is 5.44. The van der Waals surface area contributed by atoms with Crippen molar-refractivity contribution in [1.82, 2.24) is 9.80 Å². The highest BCUT2D eigenvalue weighted by Crippen LogP contribution is 2.40. The molecule has 1 aromatic rings. The highest BCUT2D eigenvalue weighted by molar-refractivity contribution is 7.14. The van der Waals surface area contributed by atoms with E-state index in [2.05, 4.69) is 36.6 Å². The van der Waals surface area contributed by atoms with Gasteiger partial charge in [0, 0.05) is 31.1 Å². The van der Waals surface area contributed by atoms with Crippen LogP contribution in [0, 0.1) is 17.3 Å². The van der Waals surface area contributed by atoms with E-state index in [4.69, 9.17) is 4.74 Å². The summed E-state index contributed by atoms with van der Waals surface area (Å²) in [5.41, 5.74) is 1.80. The fraction of sp³-hybridized carbons (Fsp3) is 0.792. The molecule has 0 saturated carbocycles. The molecular formula is C24H38N2O2S. The Morgan fingerprint density at radius 1 is 1.14 bits per heavy atom. The maximum Gasteiger partial charge on any atom is 0.263 e. The fourth-order valence-electron chi connectivity index (χ4n) is 5.14. The number of aryl methyl sites for hydroxylation is 1. The van der Waals surface area contributed by atoms with E-state index in [1.54, 1.807) is 11.3 Å². The minimum Gasteiger partial charge on any atom is -0.379 e. The second kappa shape index (κ2) is 9.07. The van der Waals surface area contributed by atoms with Crippen molar-refractivity contribution in [3.63, 3.8) is 0 Å². The zero-order valence-corrected chi connectivity index (χ0v) is 19.4. The number of rotatable bonds is 4. The maximum absolute atomic E-state index is 13.1. The van der Waals surface area contributed by atoms with Crippen molar-refractivity contribution >= 4 is 17.2 Å². The van der Waals surface area contributed by atoms with E-state index >= 15 is 0 Å². The molecule has 3 aliphatic rings. The average molecular weight is 419 g/mol. The molecule has 3 heterocycles. The van der Waals surface area contributed by atoms with Gasteiger partial charge in [0.15, 0.2) is 0 Å². The number of hydrogen-bond acceptors (Lipinski definition) is 4. The van der Waals surface area contributed by atoms with E-state index in [-0.39, 0.29) is 5.91 Å². The molecule has 1 atom stereocenters. The Kier molecular flexibility index (Phi) is 6.67. The average Bonchev–Trinajstić information content (AvgIpc) is 3.16. The molecule has 2 saturated heterocycles. The lowest BCUT2D eigenvalue weighted by Gasteiger charge is -2.33. The molecule has 0 bridgehead atoms. The molecule has 162 valence electrons. The van der Waals surface area contributed by atoms with Crippen molar-refractivity contribution in [1.29, 1.82) is 0 Å². The summed E-state index contributed by atoms with van der Waals surface area (Å²) in [6, 6.07) is 2.23. The first kappa shape index (κ1) is 21.3. The second-order valence-electron chi connectivity index (χ2n) is 10.3. The van der Waals surface area contributed by atoms with Crippen LogP contribution < -0.4 is 0 Å². The van der Waals surface area contributed by atoms with Gasteiger partial charge in [0.2, 0.25) is 0 Å². The third-order valence-electron chi connectivity index (χ3n) is 7.38. The van der Waals surface area contributed by atoms with Crippen LogP contribution in [-0.4, -0.2) is 61.6 Å². The summed E-state index contributed by atoms with van der Waals surface area (Å²) in [5.74, 6) is 1.78. The predicted octanol–water partition coefficient (Wildman–Crippen LogP) is 4.47. The number of morpholine rings is 1. The quantitative estimate of drug-likeness (QED) is 0.723. The lowest BCUT2D eigenvalue weighted by molar-refractivity contribution is 0.0332. The van der Waals surface area contributed by atoms with Crippen LogP contribution in [0.3, 0.4) is 0 Å². The topological polar surface area (TPSA) is 32.8 Å². The molecule has 1 unspecified atom stereocenters. The van der Waals surface area contributed by atoms with Crippen LogP contribution in [0.5, 0.6) is 0 Å². The number of ether oxygens (including phenoxy) is 1. The number of carbonyl (C=O) groups excluding carboxylic acids is 1. The summed E-state index contributed by atoms with van der Waals surface area (Å²) in [5, 5.41) is 0. The van der Waals surface area contributed by atoms with Crippen LogP contribution in [0.15, 0.2) is 6.07 Å². The van der Waals surface area contributed by atoms with Crippen LogP contribution in [0.2, 0.25) is 0 Å². The van der Waals surface area contributed by atoms with Crippen LogP contribution in [0.1, 0.15) is 66.6 Å². The number of piperidine rings is 1. The van der Waals surface area contributed by atoms with Gasteiger partial charge in [-0.3, -0.25) is 9.69 Å². The summed E-state index contributed by atoms with van der Waals surface area (Å²) in [4.78, 5) is 20.2. The van der Waals surface area contributed by atoms with E-state index < -0.39 is 0 Å². The molecule has 0 N–H and O–H groups in total. The fourth-order valence-corrected chi connectivity index (χ4v) is 6.32. The number of nitrogens with zero attached hydrogens (tertiary/aromatic N) is 2. The molecule has 29 heavy (non-hydrogen) atoms. The Balaban J connectivity index is 1.27. The third kappa shape index (κ3) is 5.23. The lowest BCUT2D eigenvalue weighted by Crippen LogP contribution is -2.40. The summed E-state index contributed by atoms with van der Waals surface area (Å²) in [7, 11) is 0. The molecule has 4 nitrogen and oxygen atoms in total. The van der Waals surface area contributed by atoms with Gasteiger partial charge in [0.1, 0.15) is 0 Å². The highest BCUT2D eigenvalue weighted by atomic mass is 32.1. The monoisotopic (exact) mass is 418 g/mol. The van der Waals surface area contributed by atoms with Crippen molar-refractivity contribution in [3.05, 3.63) is 21.4 Å². The Hall–Kier alpha value is -0.910. The highest BCUT2D eigenvalue weighted by Gasteiger charge is 2.31. The standard InChI is InChI=1S/C24H38N2O2S/c1-24(2,3)20-4-5-21-19(16-20)17-22(29-21)23(27)26-10-7-18(8-11-26)6-9-25-12-14-28-15-13-25/h17-18,20H,4-16H2,1-3H3. The molecule has 5 heteroatoms. The maximum atomic E-state index is 13.1. The number of thiophene rings is 1. The smallest absolute Gasteiger partial charge is 0.263 e. The van der Waals surface area contributed by atoms with E-state index in [9.17, 15) is 4.79 Å². The number of likely N-dealkylation sites (tertiary alicyclic amines) is 1. The zero-order valence-electron chi connectivity index (χ0n) is 18.5. The van der Waals surface area contributed by atoms with Gasteiger partial charge in [0.25, 0.3) is 5.91 Å². The van der Waals surface area contributed by atoms with Crippen molar-refractivity contribution in [2.75, 3.05) is 45.9 Å². The van der Waals surface area contributed by atoms with Crippen molar-refractivity contribution in [2.24, 2.45) is 17.3 Å². The number of amides is 1. The largest absolute Gasteiger partial charge is 0.379 e.